The number of nitrogens with two attached hydrogens (primary N) is 1. The molecule has 2 nitrogen and oxygen atoms in total. The average Bonchev–Trinajstić information content (AvgIpc) is 2.47. The van der Waals surface area contributed by atoms with Crippen LogP contribution in [0.1, 0.15) is 50.5 Å². The van der Waals surface area contributed by atoms with E-state index in [-0.39, 0.29) is 11.7 Å². The van der Waals surface area contributed by atoms with Crippen molar-refractivity contribution in [3.05, 3.63) is 29.6 Å². The largest absolute Gasteiger partial charge is 0.497 e. The van der Waals surface area contributed by atoms with Gasteiger partial charge in [0.1, 0.15) is 11.6 Å². The number of rotatable bonds is 5. The zero-order chi connectivity index (χ0) is 14.5. The smallest absolute Gasteiger partial charge is 0.130 e. The van der Waals surface area contributed by atoms with Crippen LogP contribution in [0.15, 0.2) is 18.2 Å². The fourth-order valence-corrected chi connectivity index (χ4v) is 3.59. The van der Waals surface area contributed by atoms with Crippen LogP contribution < -0.4 is 10.5 Å². The molecular formula is C17H26FNO. The Labute approximate surface area is 121 Å². The molecule has 2 rings (SSSR count). The summed E-state index contributed by atoms with van der Waals surface area (Å²) in [5, 5.41) is 0. The van der Waals surface area contributed by atoms with Crippen molar-refractivity contribution in [1.82, 2.24) is 0 Å². The van der Waals surface area contributed by atoms with Gasteiger partial charge in [-0.1, -0.05) is 32.3 Å². The number of hydrogen-bond donors (Lipinski definition) is 1. The normalized spacial score (nSPS) is 26.5. The lowest BCUT2D eigenvalue weighted by Crippen LogP contribution is -2.29. The molecule has 0 radical (unpaired) electrons. The Balaban J connectivity index is 2.22. The van der Waals surface area contributed by atoms with Gasteiger partial charge in [0.2, 0.25) is 0 Å². The van der Waals surface area contributed by atoms with E-state index < -0.39 is 0 Å². The third kappa shape index (κ3) is 3.32. The van der Waals surface area contributed by atoms with Gasteiger partial charge in [-0.25, -0.2) is 4.39 Å². The molecule has 20 heavy (non-hydrogen) atoms. The van der Waals surface area contributed by atoms with E-state index >= 15 is 0 Å². The summed E-state index contributed by atoms with van der Waals surface area (Å²) in [7, 11) is 1.56. The molecule has 0 heterocycles. The van der Waals surface area contributed by atoms with E-state index in [4.69, 9.17) is 10.5 Å². The molecule has 1 aliphatic rings. The fourth-order valence-electron chi connectivity index (χ4n) is 3.59. The summed E-state index contributed by atoms with van der Waals surface area (Å²) < 4.78 is 19.4. The first-order valence-corrected chi connectivity index (χ1v) is 7.73. The molecule has 0 spiro atoms. The van der Waals surface area contributed by atoms with Crippen LogP contribution in [-0.2, 0) is 0 Å². The van der Waals surface area contributed by atoms with E-state index in [1.165, 1.54) is 25.3 Å². The van der Waals surface area contributed by atoms with Gasteiger partial charge in [-0.05, 0) is 48.8 Å². The van der Waals surface area contributed by atoms with Crippen LogP contribution in [0.2, 0.25) is 0 Å². The molecule has 1 saturated carbocycles. The Morgan fingerprint density at radius 1 is 1.35 bits per heavy atom. The summed E-state index contributed by atoms with van der Waals surface area (Å²) >= 11 is 0. The SMILES string of the molecule is CCCC1CCC(CN)C(c2ccc(OC)cc2F)C1. The molecule has 112 valence electrons. The number of halogens is 1. The molecule has 0 aliphatic heterocycles. The second kappa shape index (κ2) is 7.07. The minimum absolute atomic E-state index is 0.148. The Morgan fingerprint density at radius 3 is 2.75 bits per heavy atom. The second-order valence-corrected chi connectivity index (χ2v) is 5.96. The second-order valence-electron chi connectivity index (χ2n) is 5.96. The monoisotopic (exact) mass is 279 g/mol. The number of ether oxygens (including phenoxy) is 1. The van der Waals surface area contributed by atoms with E-state index in [1.807, 2.05) is 12.1 Å². The van der Waals surface area contributed by atoms with Gasteiger partial charge < -0.3 is 10.5 Å². The van der Waals surface area contributed by atoms with Crippen molar-refractivity contribution in [1.29, 1.82) is 0 Å². The first-order chi connectivity index (χ1) is 9.69. The quantitative estimate of drug-likeness (QED) is 0.881. The molecule has 3 atom stereocenters. The van der Waals surface area contributed by atoms with Crippen molar-refractivity contribution >= 4 is 0 Å². The summed E-state index contributed by atoms with van der Waals surface area (Å²) in [6, 6.07) is 5.23. The van der Waals surface area contributed by atoms with Crippen LogP contribution in [-0.4, -0.2) is 13.7 Å². The highest BCUT2D eigenvalue weighted by atomic mass is 19.1. The van der Waals surface area contributed by atoms with Crippen LogP contribution in [0.3, 0.4) is 0 Å². The summed E-state index contributed by atoms with van der Waals surface area (Å²) in [6.07, 6.45) is 5.88. The average molecular weight is 279 g/mol. The lowest BCUT2D eigenvalue weighted by Gasteiger charge is -2.36. The Kier molecular flexibility index (Phi) is 5.41. The maximum Gasteiger partial charge on any atom is 0.130 e. The van der Waals surface area contributed by atoms with Crippen molar-refractivity contribution in [3.63, 3.8) is 0 Å². The van der Waals surface area contributed by atoms with Crippen LogP contribution >= 0.6 is 0 Å². The minimum Gasteiger partial charge on any atom is -0.497 e. The van der Waals surface area contributed by atoms with Gasteiger partial charge in [0.05, 0.1) is 7.11 Å². The first kappa shape index (κ1) is 15.3. The Morgan fingerprint density at radius 2 is 2.15 bits per heavy atom. The molecule has 1 aromatic rings. The highest BCUT2D eigenvalue weighted by Crippen LogP contribution is 2.42. The zero-order valence-electron chi connectivity index (χ0n) is 12.6. The van der Waals surface area contributed by atoms with E-state index in [9.17, 15) is 4.39 Å². The van der Waals surface area contributed by atoms with Gasteiger partial charge in [-0.2, -0.15) is 0 Å². The van der Waals surface area contributed by atoms with E-state index in [0.29, 0.717) is 24.1 Å². The molecule has 2 N–H and O–H groups in total. The fraction of sp³-hybridized carbons (Fsp3) is 0.647. The van der Waals surface area contributed by atoms with E-state index in [0.717, 1.165) is 18.4 Å². The van der Waals surface area contributed by atoms with Crippen LogP contribution in [0, 0.1) is 17.7 Å². The molecule has 0 aromatic heterocycles. The molecule has 0 amide bonds. The first-order valence-electron chi connectivity index (χ1n) is 7.73. The Hall–Kier alpha value is -1.09. The molecular weight excluding hydrogens is 253 g/mol. The lowest BCUT2D eigenvalue weighted by atomic mass is 9.70. The zero-order valence-corrected chi connectivity index (χ0v) is 12.6. The molecule has 1 aromatic carbocycles. The van der Waals surface area contributed by atoms with Crippen molar-refractivity contribution < 1.29 is 9.13 Å². The minimum atomic E-state index is -0.148. The van der Waals surface area contributed by atoms with Gasteiger partial charge in [-0.3, -0.25) is 0 Å². The molecule has 0 saturated heterocycles. The molecule has 3 unspecified atom stereocenters. The maximum absolute atomic E-state index is 14.3. The van der Waals surface area contributed by atoms with Gasteiger partial charge in [0.25, 0.3) is 0 Å². The van der Waals surface area contributed by atoms with E-state index in [2.05, 4.69) is 6.92 Å². The van der Waals surface area contributed by atoms with Crippen molar-refractivity contribution in [2.75, 3.05) is 13.7 Å². The summed E-state index contributed by atoms with van der Waals surface area (Å²) in [6.45, 7) is 2.87. The molecule has 3 heteroatoms. The van der Waals surface area contributed by atoms with Crippen molar-refractivity contribution in [2.45, 2.75) is 44.9 Å². The number of methoxy groups -OCH3 is 1. The Bertz CT molecular complexity index is 435. The van der Waals surface area contributed by atoms with Crippen molar-refractivity contribution in [3.8, 4) is 5.75 Å². The highest BCUT2D eigenvalue weighted by molar-refractivity contribution is 5.32. The van der Waals surface area contributed by atoms with Crippen LogP contribution in [0.25, 0.3) is 0 Å². The van der Waals surface area contributed by atoms with Crippen LogP contribution in [0.5, 0.6) is 5.75 Å². The van der Waals surface area contributed by atoms with Gasteiger partial charge >= 0.3 is 0 Å². The summed E-state index contributed by atoms with van der Waals surface area (Å²) in [5.41, 5.74) is 6.73. The maximum atomic E-state index is 14.3. The predicted octanol–water partition coefficient (Wildman–Crippen LogP) is 4.09. The lowest BCUT2D eigenvalue weighted by molar-refractivity contribution is 0.226. The van der Waals surface area contributed by atoms with Crippen molar-refractivity contribution in [2.24, 2.45) is 17.6 Å². The van der Waals surface area contributed by atoms with Gasteiger partial charge in [0, 0.05) is 6.07 Å². The third-order valence-corrected chi connectivity index (χ3v) is 4.71. The standard InChI is InChI=1S/C17H26FNO/c1-3-4-12-5-6-13(11-19)16(9-12)15-8-7-14(20-2)10-17(15)18/h7-8,10,12-13,16H,3-6,9,11,19H2,1-2H3. The van der Waals surface area contributed by atoms with Crippen LogP contribution in [0.4, 0.5) is 4.39 Å². The highest BCUT2D eigenvalue weighted by Gasteiger charge is 2.31. The topological polar surface area (TPSA) is 35.2 Å². The van der Waals surface area contributed by atoms with E-state index in [1.54, 1.807) is 7.11 Å². The number of benzene rings is 1. The summed E-state index contributed by atoms with van der Waals surface area (Å²) in [4.78, 5) is 0. The molecule has 1 aliphatic carbocycles. The predicted molar refractivity (Wildman–Crippen MR) is 80.5 cm³/mol. The molecule has 1 fully saturated rings. The number of hydrogen-bond acceptors (Lipinski definition) is 2. The van der Waals surface area contributed by atoms with Gasteiger partial charge in [-0.15, -0.1) is 0 Å². The van der Waals surface area contributed by atoms with Gasteiger partial charge in [0.15, 0.2) is 0 Å². The molecule has 0 bridgehead atoms. The summed E-state index contributed by atoms with van der Waals surface area (Å²) in [5.74, 6) is 1.82. The third-order valence-electron chi connectivity index (χ3n) is 4.71.